The molecule has 1 fully saturated rings. The van der Waals surface area contributed by atoms with Gasteiger partial charge in [0.25, 0.3) is 5.91 Å². The van der Waals surface area contributed by atoms with E-state index in [1.54, 1.807) is 11.9 Å². The summed E-state index contributed by atoms with van der Waals surface area (Å²) >= 11 is 3.52. The molecule has 6 heteroatoms. The Morgan fingerprint density at radius 2 is 1.91 bits per heavy atom. The molecule has 0 bridgehead atoms. The molecule has 1 N–H and O–H groups in total. The smallest absolute Gasteiger partial charge is 0.275 e. The first-order valence-electron chi connectivity index (χ1n) is 7.73. The molecule has 0 aliphatic heterocycles. The van der Waals surface area contributed by atoms with Crippen molar-refractivity contribution in [3.8, 4) is 0 Å². The number of benzene rings is 1. The lowest BCUT2D eigenvalue weighted by Gasteiger charge is -2.17. The lowest BCUT2D eigenvalue weighted by molar-refractivity contribution is 0.0778. The minimum absolute atomic E-state index is 0.0725. The number of hydrogen-bond donors (Lipinski definition) is 1. The van der Waals surface area contributed by atoms with Gasteiger partial charge >= 0.3 is 0 Å². The van der Waals surface area contributed by atoms with Gasteiger partial charge in [0.2, 0.25) is 0 Å². The highest BCUT2D eigenvalue weighted by molar-refractivity contribution is 9.10. The number of carbonyl (C=O) groups excluding carboxylic acids is 1. The molecular formula is C17H21BrN4O. The number of anilines is 1. The van der Waals surface area contributed by atoms with Gasteiger partial charge in [-0.3, -0.25) is 9.89 Å². The Bertz CT molecular complexity index is 704. The molecule has 2 aromatic rings. The van der Waals surface area contributed by atoms with Gasteiger partial charge in [-0.1, -0.05) is 12.1 Å². The van der Waals surface area contributed by atoms with Crippen LogP contribution >= 0.6 is 15.9 Å². The van der Waals surface area contributed by atoms with E-state index in [1.807, 2.05) is 26.2 Å². The van der Waals surface area contributed by atoms with Crippen LogP contribution in [-0.2, 0) is 6.54 Å². The molecule has 1 heterocycles. The van der Waals surface area contributed by atoms with Crippen LogP contribution in [0.4, 0.5) is 5.69 Å². The maximum atomic E-state index is 12.6. The van der Waals surface area contributed by atoms with Crippen molar-refractivity contribution in [1.82, 2.24) is 15.1 Å². The van der Waals surface area contributed by atoms with E-state index in [2.05, 4.69) is 43.2 Å². The number of hydrogen-bond acceptors (Lipinski definition) is 3. The van der Waals surface area contributed by atoms with Gasteiger partial charge in [-0.2, -0.15) is 5.10 Å². The number of nitrogens with zero attached hydrogens (tertiary/aromatic N) is 3. The summed E-state index contributed by atoms with van der Waals surface area (Å²) in [6.45, 7) is 0.560. The fourth-order valence-corrected chi connectivity index (χ4v) is 3.22. The maximum Gasteiger partial charge on any atom is 0.275 e. The number of carbonyl (C=O) groups is 1. The second-order valence-corrected chi connectivity index (χ2v) is 7.09. The monoisotopic (exact) mass is 376 g/mol. The van der Waals surface area contributed by atoms with Gasteiger partial charge in [0.05, 0.1) is 10.2 Å². The summed E-state index contributed by atoms with van der Waals surface area (Å²) in [6, 6.07) is 8.22. The van der Waals surface area contributed by atoms with E-state index in [0.717, 1.165) is 21.4 Å². The van der Waals surface area contributed by atoms with E-state index < -0.39 is 0 Å². The molecule has 23 heavy (non-hydrogen) atoms. The number of nitrogens with one attached hydrogen (secondary N) is 1. The molecule has 0 atom stereocenters. The minimum atomic E-state index is -0.0725. The van der Waals surface area contributed by atoms with E-state index in [-0.39, 0.29) is 5.91 Å². The SMILES string of the molecule is CN(Cc1ccc(N(C)C)cc1)C(=O)c1n[nH]c(C2CC2)c1Br. The van der Waals surface area contributed by atoms with Crippen molar-refractivity contribution in [1.29, 1.82) is 0 Å². The summed E-state index contributed by atoms with van der Waals surface area (Å²) in [6.07, 6.45) is 2.34. The molecule has 0 unspecified atom stereocenters. The molecule has 1 amide bonds. The van der Waals surface area contributed by atoms with E-state index in [1.165, 1.54) is 12.8 Å². The standard InChI is InChI=1S/C17H21BrN4O/c1-21(2)13-8-4-11(5-9-13)10-22(3)17(23)16-14(18)15(19-20-16)12-6-7-12/h4-5,8-9,12H,6-7,10H2,1-3H3,(H,19,20). The summed E-state index contributed by atoms with van der Waals surface area (Å²) < 4.78 is 0.819. The number of rotatable bonds is 5. The average Bonchev–Trinajstić information content (AvgIpc) is 3.30. The van der Waals surface area contributed by atoms with E-state index in [4.69, 9.17) is 0 Å². The summed E-state index contributed by atoms with van der Waals surface area (Å²) in [5, 5.41) is 7.21. The Hall–Kier alpha value is -1.82. The van der Waals surface area contributed by atoms with Crippen molar-refractivity contribution in [3.63, 3.8) is 0 Å². The Morgan fingerprint density at radius 1 is 1.26 bits per heavy atom. The Morgan fingerprint density at radius 3 is 2.48 bits per heavy atom. The number of H-pyrrole nitrogens is 1. The second-order valence-electron chi connectivity index (χ2n) is 6.30. The lowest BCUT2D eigenvalue weighted by atomic mass is 10.2. The maximum absolute atomic E-state index is 12.6. The van der Waals surface area contributed by atoms with Crippen LogP contribution in [0.3, 0.4) is 0 Å². The van der Waals surface area contributed by atoms with Crippen LogP contribution in [-0.4, -0.2) is 42.1 Å². The van der Waals surface area contributed by atoms with Gasteiger partial charge in [0, 0.05) is 39.3 Å². The summed E-state index contributed by atoms with van der Waals surface area (Å²) in [7, 11) is 5.83. The summed E-state index contributed by atoms with van der Waals surface area (Å²) in [5.74, 6) is 0.457. The largest absolute Gasteiger partial charge is 0.378 e. The van der Waals surface area contributed by atoms with Crippen molar-refractivity contribution in [2.75, 3.05) is 26.0 Å². The third kappa shape index (κ3) is 3.42. The first kappa shape index (κ1) is 16.1. The zero-order valence-corrected chi connectivity index (χ0v) is 15.2. The normalized spacial score (nSPS) is 13.9. The fourth-order valence-electron chi connectivity index (χ4n) is 2.55. The van der Waals surface area contributed by atoms with Crippen LogP contribution in [0.25, 0.3) is 0 Å². The molecule has 1 aromatic carbocycles. The van der Waals surface area contributed by atoms with Crippen molar-refractivity contribution in [2.24, 2.45) is 0 Å². The van der Waals surface area contributed by atoms with Crippen LogP contribution in [0.1, 0.15) is 40.5 Å². The van der Waals surface area contributed by atoms with Crippen LogP contribution in [0.15, 0.2) is 28.7 Å². The molecule has 0 saturated heterocycles. The Kier molecular flexibility index (Phi) is 4.43. The van der Waals surface area contributed by atoms with E-state index in [9.17, 15) is 4.79 Å². The summed E-state index contributed by atoms with van der Waals surface area (Å²) in [5.41, 5.74) is 3.77. The lowest BCUT2D eigenvalue weighted by Crippen LogP contribution is -2.26. The van der Waals surface area contributed by atoms with Crippen LogP contribution in [0.5, 0.6) is 0 Å². The molecule has 0 spiro atoms. The zero-order valence-electron chi connectivity index (χ0n) is 13.6. The first-order valence-corrected chi connectivity index (χ1v) is 8.52. The number of aromatic amines is 1. The molecular weight excluding hydrogens is 356 g/mol. The van der Waals surface area contributed by atoms with Crippen molar-refractivity contribution >= 4 is 27.5 Å². The highest BCUT2D eigenvalue weighted by Gasteiger charge is 2.31. The van der Waals surface area contributed by atoms with Crippen molar-refractivity contribution < 1.29 is 4.79 Å². The van der Waals surface area contributed by atoms with Gasteiger partial charge in [-0.15, -0.1) is 0 Å². The predicted molar refractivity (Wildman–Crippen MR) is 94.8 cm³/mol. The molecule has 1 aliphatic rings. The predicted octanol–water partition coefficient (Wildman–Crippen LogP) is 3.39. The number of aromatic nitrogens is 2. The molecule has 3 rings (SSSR count). The Balaban J connectivity index is 1.69. The van der Waals surface area contributed by atoms with Gasteiger partial charge in [-0.25, -0.2) is 0 Å². The van der Waals surface area contributed by atoms with Crippen molar-refractivity contribution in [2.45, 2.75) is 25.3 Å². The van der Waals surface area contributed by atoms with Gasteiger partial charge < -0.3 is 9.80 Å². The van der Waals surface area contributed by atoms with Gasteiger partial charge in [0.1, 0.15) is 0 Å². The molecule has 1 saturated carbocycles. The third-order valence-electron chi connectivity index (χ3n) is 4.14. The van der Waals surface area contributed by atoms with Crippen LogP contribution < -0.4 is 4.90 Å². The second kappa shape index (κ2) is 6.35. The Labute approximate surface area is 144 Å². The highest BCUT2D eigenvalue weighted by atomic mass is 79.9. The minimum Gasteiger partial charge on any atom is -0.378 e. The highest BCUT2D eigenvalue weighted by Crippen LogP contribution is 2.43. The molecule has 1 aliphatic carbocycles. The zero-order chi connectivity index (χ0) is 16.6. The fraction of sp³-hybridized carbons (Fsp3) is 0.412. The van der Waals surface area contributed by atoms with Crippen LogP contribution in [0.2, 0.25) is 0 Å². The molecule has 5 nitrogen and oxygen atoms in total. The number of amides is 1. The molecule has 0 radical (unpaired) electrons. The van der Waals surface area contributed by atoms with E-state index in [0.29, 0.717) is 18.2 Å². The third-order valence-corrected chi connectivity index (χ3v) is 4.94. The summed E-state index contributed by atoms with van der Waals surface area (Å²) in [4.78, 5) is 16.4. The topological polar surface area (TPSA) is 52.2 Å². The van der Waals surface area contributed by atoms with Gasteiger partial charge in [-0.05, 0) is 46.5 Å². The molecule has 122 valence electrons. The first-order chi connectivity index (χ1) is 11.0. The average molecular weight is 377 g/mol. The van der Waals surface area contributed by atoms with Crippen LogP contribution in [0, 0.1) is 0 Å². The van der Waals surface area contributed by atoms with E-state index >= 15 is 0 Å². The van der Waals surface area contributed by atoms with Crippen molar-refractivity contribution in [3.05, 3.63) is 45.7 Å². The molecule has 1 aromatic heterocycles. The quantitative estimate of drug-likeness (QED) is 0.869. The number of halogens is 1. The van der Waals surface area contributed by atoms with Gasteiger partial charge in [0.15, 0.2) is 5.69 Å².